The van der Waals surface area contributed by atoms with Crippen molar-refractivity contribution in [2.45, 2.75) is 44.1 Å². The second kappa shape index (κ2) is 2.89. The van der Waals surface area contributed by atoms with Crippen molar-refractivity contribution in [1.29, 1.82) is 0 Å². The van der Waals surface area contributed by atoms with E-state index in [9.17, 15) is 0 Å². The molecule has 1 rings (SSSR count). The third kappa shape index (κ3) is 2.15. The average molecular weight is 191 g/mol. The van der Waals surface area contributed by atoms with Gasteiger partial charge in [-0.1, -0.05) is 20.8 Å². The molecule has 3 heteroatoms. The molecule has 2 atom stereocenters. The number of rotatable bonds is 2. The van der Waals surface area contributed by atoms with Gasteiger partial charge < -0.3 is 9.92 Å². The first kappa shape index (κ1) is 10.4. The van der Waals surface area contributed by atoms with Crippen LogP contribution in [0.25, 0.3) is 0 Å². The Morgan fingerprint density at radius 3 is 2.00 bits per heavy atom. The molecule has 1 saturated carbocycles. The topological polar surface area (TPSA) is 35.2 Å². The smallest absolute Gasteiger partial charge is 0.0868 e. The molecular weight excluding hydrogens is 170 g/mol. The van der Waals surface area contributed by atoms with Gasteiger partial charge in [-0.3, -0.25) is 0 Å². The van der Waals surface area contributed by atoms with Crippen LogP contribution in [0.1, 0.15) is 27.2 Å². The van der Waals surface area contributed by atoms with Crippen molar-refractivity contribution < 1.29 is 4.18 Å². The second-order valence-corrected chi connectivity index (χ2v) is 8.76. The number of hydrogen-bond donors (Lipinski definition) is 1. The molecule has 0 aliphatic heterocycles. The molecule has 0 aromatic rings. The minimum Gasteiger partial charge on any atom is -0.332 e. The summed E-state index contributed by atoms with van der Waals surface area (Å²) in [5.74, 6) is 0. The van der Waals surface area contributed by atoms with E-state index in [1.165, 1.54) is 0 Å². The molecule has 0 amide bonds. The van der Waals surface area contributed by atoms with E-state index >= 15 is 0 Å². The van der Waals surface area contributed by atoms with Crippen LogP contribution in [0, 0.1) is 0 Å². The molecule has 0 aromatic carbocycles. The summed E-state index contributed by atoms with van der Waals surface area (Å²) in [5.41, 5.74) is 5.71. The normalized spacial score (nSPS) is 31.8. The van der Waals surface area contributed by atoms with Crippen LogP contribution in [0.5, 0.6) is 0 Å². The highest BCUT2D eigenvalue weighted by atomic mass is 32.3. The predicted molar refractivity (Wildman–Crippen MR) is 56.7 cm³/mol. The van der Waals surface area contributed by atoms with Crippen molar-refractivity contribution in [2.24, 2.45) is 5.73 Å². The summed E-state index contributed by atoms with van der Waals surface area (Å²) in [6.45, 7) is 6.70. The second-order valence-electron chi connectivity index (χ2n) is 4.88. The summed E-state index contributed by atoms with van der Waals surface area (Å²) >= 11 is 0. The van der Waals surface area contributed by atoms with Gasteiger partial charge in [-0.15, -0.1) is 10.3 Å². The van der Waals surface area contributed by atoms with E-state index in [0.717, 1.165) is 6.42 Å². The minimum atomic E-state index is -0.947. The van der Waals surface area contributed by atoms with Crippen molar-refractivity contribution >= 4 is 10.3 Å². The van der Waals surface area contributed by atoms with Gasteiger partial charge in [0.05, 0.1) is 6.10 Å². The van der Waals surface area contributed by atoms with Crippen LogP contribution in [-0.2, 0) is 4.18 Å². The molecule has 12 heavy (non-hydrogen) atoms. The van der Waals surface area contributed by atoms with E-state index < -0.39 is 10.3 Å². The Morgan fingerprint density at radius 1 is 1.33 bits per heavy atom. The zero-order chi connectivity index (χ0) is 9.57. The van der Waals surface area contributed by atoms with Crippen LogP contribution in [0.2, 0.25) is 0 Å². The molecule has 2 nitrogen and oxygen atoms in total. The lowest BCUT2D eigenvalue weighted by Crippen LogP contribution is -2.26. The fourth-order valence-corrected chi connectivity index (χ4v) is 1.88. The number of hydrogen-bond acceptors (Lipinski definition) is 2. The fraction of sp³-hybridized carbons (Fsp3) is 1.00. The van der Waals surface area contributed by atoms with Crippen LogP contribution in [0.3, 0.4) is 0 Å². The van der Waals surface area contributed by atoms with Crippen molar-refractivity contribution in [3.8, 4) is 0 Å². The molecule has 0 aromatic heterocycles. The molecule has 0 heterocycles. The van der Waals surface area contributed by atoms with Gasteiger partial charge in [0.15, 0.2) is 0 Å². The molecule has 0 radical (unpaired) electrons. The minimum absolute atomic E-state index is 0.259. The molecule has 1 fully saturated rings. The standard InChI is InChI=1S/C9H21NOS/c1-9(2,3)12(4,5)11-8-6-7(8)10/h7-8H,6,10H2,1-5H3/t7-,8-/m1/s1. The lowest BCUT2D eigenvalue weighted by molar-refractivity contribution is 0.328. The Labute approximate surface area is 77.4 Å². The molecule has 2 N–H and O–H groups in total. The Bertz CT molecular complexity index is 174. The van der Waals surface area contributed by atoms with Gasteiger partial charge in [0.1, 0.15) is 0 Å². The maximum atomic E-state index is 5.98. The van der Waals surface area contributed by atoms with Crippen molar-refractivity contribution in [3.63, 3.8) is 0 Å². The molecule has 1 aliphatic carbocycles. The fourth-order valence-electron chi connectivity index (χ4n) is 0.754. The first-order valence-electron chi connectivity index (χ1n) is 4.41. The van der Waals surface area contributed by atoms with Gasteiger partial charge >= 0.3 is 0 Å². The van der Waals surface area contributed by atoms with Gasteiger partial charge in [0, 0.05) is 10.8 Å². The molecule has 0 saturated heterocycles. The van der Waals surface area contributed by atoms with Gasteiger partial charge in [-0.25, -0.2) is 0 Å². The Morgan fingerprint density at radius 2 is 1.75 bits per heavy atom. The van der Waals surface area contributed by atoms with E-state index in [4.69, 9.17) is 9.92 Å². The van der Waals surface area contributed by atoms with Crippen LogP contribution >= 0.6 is 10.3 Å². The lowest BCUT2D eigenvalue weighted by Gasteiger charge is -2.43. The first-order chi connectivity index (χ1) is 5.24. The summed E-state index contributed by atoms with van der Waals surface area (Å²) < 4.78 is 6.24. The summed E-state index contributed by atoms with van der Waals surface area (Å²) in [4.78, 5) is 0. The van der Waals surface area contributed by atoms with Crippen molar-refractivity contribution in [1.82, 2.24) is 0 Å². The largest absolute Gasteiger partial charge is 0.332 e. The van der Waals surface area contributed by atoms with E-state index in [2.05, 4.69) is 33.3 Å². The first-order valence-corrected chi connectivity index (χ1v) is 6.78. The summed E-state index contributed by atoms with van der Waals surface area (Å²) in [5, 5.41) is 0. The lowest BCUT2D eigenvalue weighted by atomic mass is 10.3. The van der Waals surface area contributed by atoms with Gasteiger partial charge in [-0.05, 0) is 18.9 Å². The van der Waals surface area contributed by atoms with Gasteiger partial charge in [0.2, 0.25) is 0 Å². The van der Waals surface area contributed by atoms with E-state index in [0.29, 0.717) is 12.1 Å². The van der Waals surface area contributed by atoms with E-state index in [1.807, 2.05) is 0 Å². The maximum Gasteiger partial charge on any atom is 0.0868 e. The van der Waals surface area contributed by atoms with Crippen LogP contribution in [0.4, 0.5) is 0 Å². The van der Waals surface area contributed by atoms with Crippen molar-refractivity contribution in [3.05, 3.63) is 0 Å². The van der Waals surface area contributed by atoms with Crippen LogP contribution in [-0.4, -0.2) is 29.4 Å². The molecule has 0 spiro atoms. The summed E-state index contributed by atoms with van der Waals surface area (Å²) in [6.07, 6.45) is 5.83. The Kier molecular flexibility index (Phi) is 2.50. The molecule has 1 aliphatic rings. The summed E-state index contributed by atoms with van der Waals surface area (Å²) in [7, 11) is -0.947. The Hall–Kier alpha value is 0.270. The Balaban J connectivity index is 2.48. The third-order valence-corrected chi connectivity index (χ3v) is 6.30. The maximum absolute atomic E-state index is 5.98. The van der Waals surface area contributed by atoms with Crippen molar-refractivity contribution in [2.75, 3.05) is 12.5 Å². The molecule has 74 valence electrons. The molecule has 0 bridgehead atoms. The van der Waals surface area contributed by atoms with Gasteiger partial charge in [0.25, 0.3) is 0 Å². The highest BCUT2D eigenvalue weighted by Gasteiger charge is 2.41. The summed E-state index contributed by atoms with van der Waals surface area (Å²) in [6, 6.07) is 0.305. The van der Waals surface area contributed by atoms with E-state index in [-0.39, 0.29) is 4.75 Å². The molecular formula is C9H21NOS. The zero-order valence-corrected chi connectivity index (χ0v) is 9.57. The predicted octanol–water partition coefficient (Wildman–Crippen LogP) is 1.88. The highest BCUT2D eigenvalue weighted by molar-refractivity contribution is 8.29. The van der Waals surface area contributed by atoms with Crippen LogP contribution < -0.4 is 5.73 Å². The average Bonchev–Trinajstić information content (AvgIpc) is 2.41. The quantitative estimate of drug-likeness (QED) is 0.723. The highest BCUT2D eigenvalue weighted by Crippen LogP contribution is 2.56. The zero-order valence-electron chi connectivity index (χ0n) is 8.76. The molecule has 0 unspecified atom stereocenters. The third-order valence-electron chi connectivity index (χ3n) is 2.62. The van der Waals surface area contributed by atoms with Crippen LogP contribution in [0.15, 0.2) is 0 Å². The monoisotopic (exact) mass is 191 g/mol. The number of nitrogens with two attached hydrogens (primary N) is 1. The van der Waals surface area contributed by atoms with Gasteiger partial charge in [-0.2, -0.15) is 0 Å². The van der Waals surface area contributed by atoms with E-state index in [1.54, 1.807) is 0 Å². The SMILES string of the molecule is CC(C)(C)S(C)(C)O[C@@H]1C[C@H]1N.